The summed E-state index contributed by atoms with van der Waals surface area (Å²) < 4.78 is 5.48. The van der Waals surface area contributed by atoms with Crippen LogP contribution in [0.4, 0.5) is 10.5 Å². The van der Waals surface area contributed by atoms with Crippen LogP contribution in [0.3, 0.4) is 0 Å². The van der Waals surface area contributed by atoms with E-state index in [0.29, 0.717) is 11.8 Å². The van der Waals surface area contributed by atoms with Crippen molar-refractivity contribution in [2.24, 2.45) is 0 Å². The lowest BCUT2D eigenvalue weighted by atomic mass is 10.1. The molecule has 3 heterocycles. The van der Waals surface area contributed by atoms with Crippen molar-refractivity contribution < 1.29 is 9.21 Å². The summed E-state index contributed by atoms with van der Waals surface area (Å²) in [6.07, 6.45) is 3.72. The number of anilines is 1. The fourth-order valence-corrected chi connectivity index (χ4v) is 3.94. The molecule has 0 aliphatic carbocycles. The van der Waals surface area contributed by atoms with Gasteiger partial charge >= 0.3 is 6.03 Å². The third kappa shape index (κ3) is 3.20. The molecule has 1 saturated heterocycles. The Labute approximate surface area is 155 Å². The molecule has 26 heavy (non-hydrogen) atoms. The maximum Gasteiger partial charge on any atom is 0.322 e. The zero-order valence-electron chi connectivity index (χ0n) is 14.6. The number of aromatic nitrogens is 3. The molecule has 1 fully saturated rings. The second-order valence-corrected chi connectivity index (χ2v) is 7.23. The largest absolute Gasteiger partial charge is 0.421 e. The monoisotopic (exact) mass is 369 g/mol. The van der Waals surface area contributed by atoms with Crippen LogP contribution in [0.1, 0.15) is 35.3 Å². The van der Waals surface area contributed by atoms with Gasteiger partial charge in [-0.2, -0.15) is 0 Å². The summed E-state index contributed by atoms with van der Waals surface area (Å²) in [7, 11) is 0. The molecule has 1 atom stereocenters. The highest BCUT2D eigenvalue weighted by molar-refractivity contribution is 7.09. The first-order valence-corrected chi connectivity index (χ1v) is 9.38. The van der Waals surface area contributed by atoms with Crippen molar-refractivity contribution >= 4 is 23.1 Å². The Balaban J connectivity index is 1.55. The fraction of sp³-hybridized carbons (Fsp3) is 0.333. The number of carbonyl (C=O) groups is 1. The quantitative estimate of drug-likeness (QED) is 0.749. The topological polar surface area (TPSA) is 84.2 Å². The van der Waals surface area contributed by atoms with E-state index in [4.69, 9.17) is 4.42 Å². The zero-order chi connectivity index (χ0) is 18.1. The van der Waals surface area contributed by atoms with E-state index in [1.54, 1.807) is 24.5 Å². The van der Waals surface area contributed by atoms with Gasteiger partial charge < -0.3 is 14.6 Å². The van der Waals surface area contributed by atoms with Gasteiger partial charge in [0.25, 0.3) is 0 Å². The smallest absolute Gasteiger partial charge is 0.322 e. The Kier molecular flexibility index (Phi) is 4.42. The van der Waals surface area contributed by atoms with Crippen molar-refractivity contribution in [3.8, 4) is 11.5 Å². The molecule has 4 rings (SSSR count). The highest BCUT2D eigenvalue weighted by atomic mass is 32.1. The van der Waals surface area contributed by atoms with E-state index in [0.717, 1.165) is 41.2 Å². The lowest BCUT2D eigenvalue weighted by molar-refractivity contribution is 0.207. The molecular formula is C18H19N5O2S. The van der Waals surface area contributed by atoms with Gasteiger partial charge in [0.1, 0.15) is 5.01 Å². The van der Waals surface area contributed by atoms with Gasteiger partial charge in [0.2, 0.25) is 11.8 Å². The molecule has 0 unspecified atom stereocenters. The lowest BCUT2D eigenvalue weighted by Crippen LogP contribution is -2.34. The van der Waals surface area contributed by atoms with Crippen molar-refractivity contribution in [2.75, 3.05) is 11.9 Å². The van der Waals surface area contributed by atoms with E-state index >= 15 is 0 Å². The standard InChI is InChI=1S/C18H19N5O2S/c1-11-5-6-13(16-22-21-12(2)25-16)10-14(11)20-18(24)23-8-3-4-15(23)17-19-7-9-26-17/h5-7,9-10,15H,3-4,8H2,1-2H3,(H,20,24)/t15-/m0/s1. The first kappa shape index (κ1) is 16.7. The zero-order valence-corrected chi connectivity index (χ0v) is 15.4. The summed E-state index contributed by atoms with van der Waals surface area (Å²) in [5.74, 6) is 0.953. The molecule has 2 amide bonds. The number of carbonyl (C=O) groups excluding carboxylic acids is 1. The number of benzene rings is 1. The van der Waals surface area contributed by atoms with Gasteiger partial charge in [0.15, 0.2) is 0 Å². The SMILES string of the molecule is Cc1nnc(-c2ccc(C)c(NC(=O)N3CCC[C@H]3c3nccs3)c2)o1. The number of nitrogens with zero attached hydrogens (tertiary/aromatic N) is 4. The van der Waals surface area contributed by atoms with Crippen LogP contribution in [0.2, 0.25) is 0 Å². The highest BCUT2D eigenvalue weighted by Crippen LogP contribution is 2.34. The molecule has 1 aromatic carbocycles. The fourth-order valence-electron chi connectivity index (χ4n) is 3.16. The summed E-state index contributed by atoms with van der Waals surface area (Å²) in [5, 5.41) is 13.9. The third-order valence-electron chi connectivity index (χ3n) is 4.50. The molecule has 0 spiro atoms. The molecule has 3 aromatic rings. The molecular weight excluding hydrogens is 350 g/mol. The van der Waals surface area contributed by atoms with Crippen molar-refractivity contribution in [3.05, 3.63) is 46.2 Å². The van der Waals surface area contributed by atoms with Gasteiger partial charge in [-0.15, -0.1) is 21.5 Å². The average molecular weight is 369 g/mol. The minimum absolute atomic E-state index is 0.0529. The predicted octanol–water partition coefficient (Wildman–Crippen LogP) is 4.18. The number of hydrogen-bond donors (Lipinski definition) is 1. The molecule has 1 N–H and O–H groups in total. The Morgan fingerprint density at radius 1 is 1.35 bits per heavy atom. The second kappa shape index (κ2) is 6.87. The molecule has 2 aromatic heterocycles. The third-order valence-corrected chi connectivity index (χ3v) is 5.38. The molecule has 134 valence electrons. The maximum atomic E-state index is 12.9. The summed E-state index contributed by atoms with van der Waals surface area (Å²) >= 11 is 1.59. The van der Waals surface area contributed by atoms with E-state index in [1.807, 2.05) is 35.4 Å². The number of hydrogen-bond acceptors (Lipinski definition) is 6. The van der Waals surface area contributed by atoms with Crippen LogP contribution < -0.4 is 5.32 Å². The summed E-state index contributed by atoms with van der Waals surface area (Å²) in [5.41, 5.74) is 2.50. The van der Waals surface area contributed by atoms with E-state index < -0.39 is 0 Å². The second-order valence-electron chi connectivity index (χ2n) is 6.31. The minimum Gasteiger partial charge on any atom is -0.421 e. The maximum absolute atomic E-state index is 12.9. The molecule has 0 saturated carbocycles. The van der Waals surface area contributed by atoms with E-state index in [-0.39, 0.29) is 12.1 Å². The van der Waals surface area contributed by atoms with Crippen LogP contribution in [-0.2, 0) is 0 Å². The van der Waals surface area contributed by atoms with Crippen LogP contribution in [0.25, 0.3) is 11.5 Å². The van der Waals surface area contributed by atoms with Crippen LogP contribution in [0, 0.1) is 13.8 Å². The normalized spacial score (nSPS) is 16.8. The number of amides is 2. The molecule has 0 radical (unpaired) electrons. The van der Waals surface area contributed by atoms with Gasteiger partial charge in [-0.05, 0) is 37.5 Å². The number of thiazole rings is 1. The van der Waals surface area contributed by atoms with E-state index in [1.165, 1.54) is 0 Å². The van der Waals surface area contributed by atoms with Crippen LogP contribution in [0.15, 0.2) is 34.2 Å². The van der Waals surface area contributed by atoms with Crippen molar-refractivity contribution in [2.45, 2.75) is 32.7 Å². The number of aryl methyl sites for hydroxylation is 2. The average Bonchev–Trinajstić information content (AvgIpc) is 3.37. The summed E-state index contributed by atoms with van der Waals surface area (Å²) in [4.78, 5) is 19.1. The number of rotatable bonds is 3. The van der Waals surface area contributed by atoms with Crippen LogP contribution >= 0.6 is 11.3 Å². The van der Waals surface area contributed by atoms with Crippen LogP contribution in [0.5, 0.6) is 0 Å². The van der Waals surface area contributed by atoms with E-state index in [9.17, 15) is 4.79 Å². The predicted molar refractivity (Wildman–Crippen MR) is 99.0 cm³/mol. The number of likely N-dealkylation sites (tertiary alicyclic amines) is 1. The number of urea groups is 1. The Bertz CT molecular complexity index is 922. The van der Waals surface area contributed by atoms with Gasteiger partial charge in [0, 0.05) is 36.3 Å². The van der Waals surface area contributed by atoms with Gasteiger partial charge in [-0.1, -0.05) is 6.07 Å². The molecule has 7 nitrogen and oxygen atoms in total. The highest BCUT2D eigenvalue weighted by Gasteiger charge is 2.31. The van der Waals surface area contributed by atoms with Gasteiger partial charge in [0.05, 0.1) is 6.04 Å². The van der Waals surface area contributed by atoms with Gasteiger partial charge in [-0.25, -0.2) is 9.78 Å². The molecule has 1 aliphatic heterocycles. The first-order chi connectivity index (χ1) is 12.6. The molecule has 1 aliphatic rings. The summed E-state index contributed by atoms with van der Waals surface area (Å²) in [6, 6.07) is 5.66. The first-order valence-electron chi connectivity index (χ1n) is 8.50. The van der Waals surface area contributed by atoms with Crippen molar-refractivity contribution in [1.82, 2.24) is 20.1 Å². The molecule has 0 bridgehead atoms. The minimum atomic E-state index is -0.107. The van der Waals surface area contributed by atoms with Crippen LogP contribution in [-0.4, -0.2) is 32.7 Å². The Hall–Kier alpha value is -2.74. The summed E-state index contributed by atoms with van der Waals surface area (Å²) in [6.45, 7) is 4.44. The van der Waals surface area contributed by atoms with E-state index in [2.05, 4.69) is 20.5 Å². The molecule has 8 heteroatoms. The Morgan fingerprint density at radius 2 is 2.23 bits per heavy atom. The van der Waals surface area contributed by atoms with Crippen molar-refractivity contribution in [1.29, 1.82) is 0 Å². The van der Waals surface area contributed by atoms with Gasteiger partial charge in [-0.3, -0.25) is 0 Å². The lowest BCUT2D eigenvalue weighted by Gasteiger charge is -2.24. The number of nitrogens with one attached hydrogen (secondary N) is 1. The van der Waals surface area contributed by atoms with Crippen molar-refractivity contribution in [3.63, 3.8) is 0 Å². The Morgan fingerprint density at radius 3 is 2.96 bits per heavy atom.